The summed E-state index contributed by atoms with van der Waals surface area (Å²) in [7, 11) is 0. The lowest BCUT2D eigenvalue weighted by molar-refractivity contribution is 1.36. The van der Waals surface area contributed by atoms with Crippen molar-refractivity contribution in [3.05, 3.63) is 51.2 Å². The number of rotatable bonds is 0. The van der Waals surface area contributed by atoms with Gasteiger partial charge in [-0.15, -0.1) is 0 Å². The Bertz CT molecular complexity index is 740. The molecule has 3 aromatic rings. The molecule has 17 heavy (non-hydrogen) atoms. The van der Waals surface area contributed by atoms with Crippen molar-refractivity contribution in [1.82, 2.24) is 4.98 Å². The Morgan fingerprint density at radius 2 is 1.59 bits per heavy atom. The van der Waals surface area contributed by atoms with Gasteiger partial charge in [-0.2, -0.15) is 0 Å². The average molecular weight is 327 g/mol. The summed E-state index contributed by atoms with van der Waals surface area (Å²) in [5, 5.41) is 5.02. The molecule has 1 aromatic heterocycles. The Kier molecular flexibility index (Phi) is 2.74. The molecule has 1 nitrogen and oxygen atoms in total. The highest BCUT2D eigenvalue weighted by molar-refractivity contribution is 9.10. The third kappa shape index (κ3) is 1.81. The molecule has 3 rings (SSSR count). The van der Waals surface area contributed by atoms with E-state index in [-0.39, 0.29) is 0 Å². The van der Waals surface area contributed by atoms with Gasteiger partial charge in [0.05, 0.1) is 0 Å². The van der Waals surface area contributed by atoms with Crippen LogP contribution in [0.2, 0.25) is 10.3 Å². The van der Waals surface area contributed by atoms with Crippen LogP contribution < -0.4 is 0 Å². The molecule has 4 heteroatoms. The maximum absolute atomic E-state index is 6.12. The quantitative estimate of drug-likeness (QED) is 0.395. The third-order valence-corrected chi connectivity index (χ3v) is 3.86. The van der Waals surface area contributed by atoms with Crippen molar-refractivity contribution in [2.24, 2.45) is 0 Å². The Labute approximate surface area is 116 Å². The van der Waals surface area contributed by atoms with E-state index in [0.29, 0.717) is 10.3 Å². The summed E-state index contributed by atoms with van der Waals surface area (Å²) in [6.07, 6.45) is 0. The molecule has 0 unspecified atom stereocenters. The minimum Gasteiger partial charge on any atom is -0.224 e. The third-order valence-electron chi connectivity index (χ3n) is 2.73. The van der Waals surface area contributed by atoms with Crippen LogP contribution in [0, 0.1) is 0 Å². The highest BCUT2D eigenvalue weighted by Crippen LogP contribution is 2.35. The SMILES string of the molecule is Clc1cc2c(cc(Br)c3ccccc32)c(Cl)n1. The van der Waals surface area contributed by atoms with Crippen molar-refractivity contribution in [1.29, 1.82) is 0 Å². The Hall–Kier alpha value is -0.830. The largest absolute Gasteiger partial charge is 0.224 e. The molecular formula is C13H6BrCl2N. The highest BCUT2D eigenvalue weighted by Gasteiger charge is 2.09. The van der Waals surface area contributed by atoms with E-state index in [1.807, 2.05) is 24.3 Å². The molecule has 0 fully saturated rings. The first kappa shape index (κ1) is 11.3. The standard InChI is InChI=1S/C13H6BrCl2N/c14-11-5-10-9(6-12(15)17-13(10)16)7-3-1-2-4-8(7)11/h1-6H. The molecule has 0 radical (unpaired) electrons. The van der Waals surface area contributed by atoms with Gasteiger partial charge < -0.3 is 0 Å². The maximum atomic E-state index is 6.12. The molecule has 84 valence electrons. The molecule has 0 spiro atoms. The van der Waals surface area contributed by atoms with Crippen LogP contribution in [0.25, 0.3) is 21.5 Å². The lowest BCUT2D eigenvalue weighted by Crippen LogP contribution is -1.84. The van der Waals surface area contributed by atoms with Gasteiger partial charge >= 0.3 is 0 Å². The second-order valence-corrected chi connectivity index (χ2v) is 5.33. The van der Waals surface area contributed by atoms with Crippen LogP contribution in [-0.2, 0) is 0 Å². The van der Waals surface area contributed by atoms with Crippen molar-refractivity contribution in [3.8, 4) is 0 Å². The molecule has 0 aliphatic carbocycles. The summed E-state index contributed by atoms with van der Waals surface area (Å²) in [5.74, 6) is 0. The number of pyridine rings is 1. The summed E-state index contributed by atoms with van der Waals surface area (Å²) in [6, 6.07) is 11.9. The van der Waals surface area contributed by atoms with E-state index in [9.17, 15) is 0 Å². The van der Waals surface area contributed by atoms with E-state index in [4.69, 9.17) is 23.2 Å². The van der Waals surface area contributed by atoms with Crippen LogP contribution in [0.4, 0.5) is 0 Å². The van der Waals surface area contributed by atoms with Crippen LogP contribution in [0.15, 0.2) is 40.9 Å². The Morgan fingerprint density at radius 1 is 0.882 bits per heavy atom. The van der Waals surface area contributed by atoms with Gasteiger partial charge in [-0.25, -0.2) is 4.98 Å². The number of fused-ring (bicyclic) bond motifs is 3. The topological polar surface area (TPSA) is 12.9 Å². The second-order valence-electron chi connectivity index (χ2n) is 3.73. The monoisotopic (exact) mass is 325 g/mol. The normalized spacial score (nSPS) is 11.2. The van der Waals surface area contributed by atoms with Gasteiger partial charge in [0.15, 0.2) is 0 Å². The van der Waals surface area contributed by atoms with Crippen LogP contribution >= 0.6 is 39.1 Å². The molecule has 0 aliphatic heterocycles. The number of nitrogens with zero attached hydrogens (tertiary/aromatic N) is 1. The predicted octanol–water partition coefficient (Wildman–Crippen LogP) is 5.46. The zero-order valence-electron chi connectivity index (χ0n) is 8.55. The van der Waals surface area contributed by atoms with Crippen LogP contribution in [0.1, 0.15) is 0 Å². The fourth-order valence-electron chi connectivity index (χ4n) is 1.99. The van der Waals surface area contributed by atoms with Crippen molar-refractivity contribution >= 4 is 60.7 Å². The maximum Gasteiger partial charge on any atom is 0.138 e. The molecule has 0 atom stereocenters. The van der Waals surface area contributed by atoms with Crippen molar-refractivity contribution in [3.63, 3.8) is 0 Å². The molecule has 0 saturated heterocycles. The van der Waals surface area contributed by atoms with Crippen molar-refractivity contribution in [2.75, 3.05) is 0 Å². The van der Waals surface area contributed by atoms with Crippen LogP contribution in [-0.4, -0.2) is 4.98 Å². The first-order valence-electron chi connectivity index (χ1n) is 5.00. The minimum atomic E-state index is 0.412. The molecule has 2 aromatic carbocycles. The van der Waals surface area contributed by atoms with Gasteiger partial charge in [0.1, 0.15) is 10.3 Å². The Morgan fingerprint density at radius 3 is 2.35 bits per heavy atom. The van der Waals surface area contributed by atoms with E-state index < -0.39 is 0 Å². The molecule has 0 bridgehead atoms. The average Bonchev–Trinajstić information content (AvgIpc) is 2.31. The molecule has 0 amide bonds. The predicted molar refractivity (Wildman–Crippen MR) is 77.0 cm³/mol. The molecule has 0 N–H and O–H groups in total. The van der Waals surface area contributed by atoms with E-state index in [0.717, 1.165) is 26.0 Å². The summed E-state index contributed by atoms with van der Waals surface area (Å²) in [6.45, 7) is 0. The number of hydrogen-bond acceptors (Lipinski definition) is 1. The van der Waals surface area contributed by atoms with E-state index in [2.05, 4.69) is 33.0 Å². The van der Waals surface area contributed by atoms with Crippen LogP contribution in [0.5, 0.6) is 0 Å². The first-order valence-corrected chi connectivity index (χ1v) is 6.55. The lowest BCUT2D eigenvalue weighted by atomic mass is 10.0. The van der Waals surface area contributed by atoms with Crippen LogP contribution in [0.3, 0.4) is 0 Å². The minimum absolute atomic E-state index is 0.412. The van der Waals surface area contributed by atoms with Crippen molar-refractivity contribution < 1.29 is 0 Å². The van der Waals surface area contributed by atoms with Gasteiger partial charge in [0.2, 0.25) is 0 Å². The van der Waals surface area contributed by atoms with Gasteiger partial charge in [0.25, 0.3) is 0 Å². The van der Waals surface area contributed by atoms with Gasteiger partial charge in [-0.3, -0.25) is 0 Å². The number of aromatic nitrogens is 1. The smallest absolute Gasteiger partial charge is 0.138 e. The number of halogens is 3. The zero-order valence-corrected chi connectivity index (χ0v) is 11.6. The summed E-state index contributed by atoms with van der Waals surface area (Å²) < 4.78 is 1.01. The van der Waals surface area contributed by atoms with Gasteiger partial charge in [0, 0.05) is 9.86 Å². The van der Waals surface area contributed by atoms with Gasteiger partial charge in [-0.1, -0.05) is 63.4 Å². The van der Waals surface area contributed by atoms with Gasteiger partial charge in [-0.05, 0) is 28.3 Å². The molecular weight excluding hydrogens is 321 g/mol. The second kappa shape index (κ2) is 4.13. The fraction of sp³-hybridized carbons (Fsp3) is 0. The van der Waals surface area contributed by atoms with E-state index in [1.54, 1.807) is 0 Å². The highest BCUT2D eigenvalue weighted by atomic mass is 79.9. The number of hydrogen-bond donors (Lipinski definition) is 0. The van der Waals surface area contributed by atoms with Crippen molar-refractivity contribution in [2.45, 2.75) is 0 Å². The molecule has 1 heterocycles. The van der Waals surface area contributed by atoms with E-state index >= 15 is 0 Å². The molecule has 0 saturated carbocycles. The van der Waals surface area contributed by atoms with E-state index in [1.165, 1.54) is 0 Å². The summed E-state index contributed by atoms with van der Waals surface area (Å²) >= 11 is 15.6. The summed E-state index contributed by atoms with van der Waals surface area (Å²) in [4.78, 5) is 4.06. The Balaban J connectivity index is 2.63. The number of benzene rings is 2. The zero-order chi connectivity index (χ0) is 12.0. The summed E-state index contributed by atoms with van der Waals surface area (Å²) in [5.41, 5.74) is 0. The fourth-order valence-corrected chi connectivity index (χ4v) is 3.04. The first-order chi connectivity index (χ1) is 8.16. The molecule has 0 aliphatic rings. The lowest BCUT2D eigenvalue weighted by Gasteiger charge is -2.07.